The van der Waals surface area contributed by atoms with Gasteiger partial charge < -0.3 is 10.1 Å². The second kappa shape index (κ2) is 9.60. The molecule has 1 aromatic heterocycles. The summed E-state index contributed by atoms with van der Waals surface area (Å²) in [5, 5.41) is 4.48. The van der Waals surface area contributed by atoms with Crippen LogP contribution in [-0.2, 0) is 24.3 Å². The minimum atomic E-state index is -3.66. The Bertz CT molecular complexity index is 806. The summed E-state index contributed by atoms with van der Waals surface area (Å²) in [4.78, 5) is 39.4. The van der Waals surface area contributed by atoms with E-state index in [9.17, 15) is 22.8 Å². The number of aromatic nitrogens is 1. The largest absolute Gasteiger partial charge is 0.452 e. The van der Waals surface area contributed by atoms with Crippen molar-refractivity contribution in [1.29, 1.82) is 0 Å². The smallest absolute Gasteiger partial charge is 0.321 e. The molecule has 0 saturated carbocycles. The van der Waals surface area contributed by atoms with Gasteiger partial charge in [0, 0.05) is 32.0 Å². The van der Waals surface area contributed by atoms with Crippen LogP contribution in [0.3, 0.4) is 0 Å². The van der Waals surface area contributed by atoms with Gasteiger partial charge in [0.1, 0.15) is 4.90 Å². The van der Waals surface area contributed by atoms with Crippen molar-refractivity contribution in [2.45, 2.75) is 37.7 Å². The van der Waals surface area contributed by atoms with Crippen LogP contribution in [0.15, 0.2) is 29.4 Å². The fourth-order valence-electron chi connectivity index (χ4n) is 2.72. The lowest BCUT2D eigenvalue weighted by Gasteiger charge is -2.30. The van der Waals surface area contributed by atoms with Crippen LogP contribution >= 0.6 is 0 Å². The van der Waals surface area contributed by atoms with Gasteiger partial charge in [-0.15, -0.1) is 0 Å². The van der Waals surface area contributed by atoms with Gasteiger partial charge in [0.05, 0.1) is 5.92 Å². The number of nitrogens with one attached hydrogen (secondary N) is 2. The highest BCUT2D eigenvalue weighted by molar-refractivity contribution is 7.89. The van der Waals surface area contributed by atoms with Gasteiger partial charge in [0.25, 0.3) is 5.91 Å². The van der Waals surface area contributed by atoms with Crippen LogP contribution in [0.25, 0.3) is 0 Å². The number of hydrogen-bond donors (Lipinski definition) is 2. The lowest BCUT2D eigenvalue weighted by Crippen LogP contribution is -2.46. The number of piperidine rings is 1. The first-order chi connectivity index (χ1) is 13.3. The lowest BCUT2D eigenvalue weighted by molar-refractivity contribution is -0.159. The molecule has 1 aliphatic heterocycles. The maximum atomic E-state index is 12.6. The summed E-state index contributed by atoms with van der Waals surface area (Å²) in [6.07, 6.45) is 2.20. The SMILES string of the molecule is CCNC(=O)NC(=O)C(C)OC(=O)C1CCN(S(=O)(=O)c2cccnc2)CC1. The first-order valence-electron chi connectivity index (χ1n) is 8.95. The van der Waals surface area contributed by atoms with E-state index in [0.29, 0.717) is 6.54 Å². The average Bonchev–Trinajstić information content (AvgIpc) is 2.68. The third-order valence-corrected chi connectivity index (χ3v) is 6.18. The molecule has 2 N–H and O–H groups in total. The molecule has 2 rings (SSSR count). The molecule has 2 heterocycles. The molecule has 10 nitrogen and oxygen atoms in total. The van der Waals surface area contributed by atoms with Crippen molar-refractivity contribution in [1.82, 2.24) is 19.9 Å². The van der Waals surface area contributed by atoms with Gasteiger partial charge in [-0.2, -0.15) is 4.31 Å². The van der Waals surface area contributed by atoms with Gasteiger partial charge in [0.2, 0.25) is 10.0 Å². The van der Waals surface area contributed by atoms with Crippen molar-refractivity contribution in [3.05, 3.63) is 24.5 Å². The Morgan fingerprint density at radius 2 is 2.00 bits per heavy atom. The highest BCUT2D eigenvalue weighted by Gasteiger charge is 2.34. The van der Waals surface area contributed by atoms with Crippen molar-refractivity contribution in [3.8, 4) is 0 Å². The van der Waals surface area contributed by atoms with Crippen LogP contribution in [-0.4, -0.2) is 61.4 Å². The monoisotopic (exact) mass is 412 g/mol. The first kappa shape index (κ1) is 21.8. The van der Waals surface area contributed by atoms with Crippen molar-refractivity contribution >= 4 is 27.9 Å². The second-order valence-electron chi connectivity index (χ2n) is 6.29. The van der Waals surface area contributed by atoms with Crippen LogP contribution < -0.4 is 10.6 Å². The van der Waals surface area contributed by atoms with E-state index < -0.39 is 40.0 Å². The zero-order valence-corrected chi connectivity index (χ0v) is 16.6. The molecule has 0 bridgehead atoms. The number of imide groups is 1. The number of hydrogen-bond acceptors (Lipinski definition) is 7. The minimum absolute atomic E-state index is 0.103. The maximum Gasteiger partial charge on any atom is 0.321 e. The Hall–Kier alpha value is -2.53. The van der Waals surface area contributed by atoms with Crippen LogP contribution in [0.5, 0.6) is 0 Å². The third-order valence-electron chi connectivity index (χ3n) is 4.30. The van der Waals surface area contributed by atoms with E-state index in [4.69, 9.17) is 4.74 Å². The number of nitrogens with zero attached hydrogens (tertiary/aromatic N) is 2. The molecule has 1 aromatic rings. The van der Waals surface area contributed by atoms with E-state index in [-0.39, 0.29) is 30.8 Å². The molecule has 1 fully saturated rings. The van der Waals surface area contributed by atoms with Crippen molar-refractivity contribution in [3.63, 3.8) is 0 Å². The van der Waals surface area contributed by atoms with Gasteiger partial charge in [-0.3, -0.25) is 19.9 Å². The predicted octanol–water partition coefficient (Wildman–Crippen LogP) is 0.260. The summed E-state index contributed by atoms with van der Waals surface area (Å²) in [6.45, 7) is 3.75. The number of amides is 3. The minimum Gasteiger partial charge on any atom is -0.452 e. The van der Waals surface area contributed by atoms with Crippen molar-refractivity contribution in [2.75, 3.05) is 19.6 Å². The molecule has 0 spiro atoms. The van der Waals surface area contributed by atoms with Gasteiger partial charge >= 0.3 is 12.0 Å². The fraction of sp³-hybridized carbons (Fsp3) is 0.529. The number of esters is 1. The third kappa shape index (κ3) is 5.49. The topological polar surface area (TPSA) is 135 Å². The fourth-order valence-corrected chi connectivity index (χ4v) is 4.16. The molecule has 154 valence electrons. The normalized spacial score (nSPS) is 16.8. The summed E-state index contributed by atoms with van der Waals surface area (Å²) in [7, 11) is -3.66. The quantitative estimate of drug-likeness (QED) is 0.640. The first-order valence-corrected chi connectivity index (χ1v) is 10.4. The molecular weight excluding hydrogens is 388 g/mol. The number of ether oxygens (including phenoxy) is 1. The van der Waals surface area contributed by atoms with Crippen molar-refractivity contribution < 1.29 is 27.5 Å². The van der Waals surface area contributed by atoms with Crippen LogP contribution in [0, 0.1) is 5.92 Å². The molecule has 3 amide bonds. The molecule has 1 saturated heterocycles. The molecule has 0 aliphatic carbocycles. The highest BCUT2D eigenvalue weighted by atomic mass is 32.2. The van der Waals surface area contributed by atoms with E-state index in [1.165, 1.54) is 29.7 Å². The molecular formula is C17H24N4O6S. The Balaban J connectivity index is 1.86. The summed E-state index contributed by atoms with van der Waals surface area (Å²) in [5.41, 5.74) is 0. The molecule has 0 radical (unpaired) electrons. The highest BCUT2D eigenvalue weighted by Crippen LogP contribution is 2.24. The molecule has 11 heteroatoms. The Morgan fingerprint density at radius 3 is 2.57 bits per heavy atom. The van der Waals surface area contributed by atoms with Gasteiger partial charge in [-0.05, 0) is 38.8 Å². The lowest BCUT2D eigenvalue weighted by atomic mass is 9.98. The van der Waals surface area contributed by atoms with Crippen LogP contribution in [0.2, 0.25) is 0 Å². The van der Waals surface area contributed by atoms with Crippen LogP contribution in [0.1, 0.15) is 26.7 Å². The Labute approximate surface area is 163 Å². The van der Waals surface area contributed by atoms with E-state index in [2.05, 4.69) is 15.6 Å². The summed E-state index contributed by atoms with van der Waals surface area (Å²) in [5.74, 6) is -1.83. The van der Waals surface area contributed by atoms with E-state index in [0.717, 1.165) is 0 Å². The molecule has 1 aliphatic rings. The second-order valence-corrected chi connectivity index (χ2v) is 8.23. The zero-order chi connectivity index (χ0) is 20.7. The Morgan fingerprint density at radius 1 is 1.32 bits per heavy atom. The molecule has 1 unspecified atom stereocenters. The number of rotatable bonds is 6. The van der Waals surface area contributed by atoms with Crippen molar-refractivity contribution in [2.24, 2.45) is 5.92 Å². The van der Waals surface area contributed by atoms with Gasteiger partial charge in [-0.1, -0.05) is 0 Å². The number of urea groups is 1. The van der Waals surface area contributed by atoms with Gasteiger partial charge in [-0.25, -0.2) is 13.2 Å². The molecule has 0 aromatic carbocycles. The average molecular weight is 412 g/mol. The number of sulfonamides is 1. The predicted molar refractivity (Wildman–Crippen MR) is 98.5 cm³/mol. The van der Waals surface area contributed by atoms with Gasteiger partial charge in [0.15, 0.2) is 6.10 Å². The Kier molecular flexibility index (Phi) is 7.46. The van der Waals surface area contributed by atoms with E-state index >= 15 is 0 Å². The standard InChI is InChI=1S/C17H24N4O6S/c1-3-19-17(24)20-15(22)12(2)27-16(23)13-6-9-21(10-7-13)28(25,26)14-5-4-8-18-11-14/h4-5,8,11-13H,3,6-7,9-10H2,1-2H3,(H2,19,20,22,24). The molecule has 1 atom stereocenters. The van der Waals surface area contributed by atoms with E-state index in [1.54, 1.807) is 13.0 Å². The zero-order valence-electron chi connectivity index (χ0n) is 15.8. The number of pyridine rings is 1. The summed E-state index contributed by atoms with van der Waals surface area (Å²) in [6, 6.07) is 2.35. The maximum absolute atomic E-state index is 12.6. The van der Waals surface area contributed by atoms with E-state index in [1.807, 2.05) is 0 Å². The summed E-state index contributed by atoms with van der Waals surface area (Å²) >= 11 is 0. The van der Waals surface area contributed by atoms with Crippen LogP contribution in [0.4, 0.5) is 4.79 Å². The molecule has 28 heavy (non-hydrogen) atoms. The number of carbonyl (C=O) groups is 3. The number of carbonyl (C=O) groups excluding carboxylic acids is 3. The summed E-state index contributed by atoms with van der Waals surface area (Å²) < 4.78 is 31.6.